The standard InChI is InChI=1S/C18H15N3O3S2/c19-26(23,24)15-9-4-6-13(12-15)21-17(22)16-10-5-11-20-18(16)25-14-7-2-1-3-8-14/h1-12H,(H,21,22)(H2,19,23,24). The number of pyridine rings is 1. The molecular formula is C18H15N3O3S2. The van der Waals surface area contributed by atoms with Crippen LogP contribution in [0.15, 0.2) is 87.7 Å². The first-order valence-electron chi connectivity index (χ1n) is 7.55. The van der Waals surface area contributed by atoms with Crippen LogP contribution in [0.1, 0.15) is 10.4 Å². The molecule has 3 N–H and O–H groups in total. The molecule has 8 heteroatoms. The first kappa shape index (κ1) is 18.1. The van der Waals surface area contributed by atoms with Crippen LogP contribution in [0, 0.1) is 0 Å². The Morgan fingerprint density at radius 1 is 1.00 bits per heavy atom. The van der Waals surface area contributed by atoms with Crippen LogP contribution in [0.5, 0.6) is 0 Å². The summed E-state index contributed by atoms with van der Waals surface area (Å²) in [7, 11) is -3.84. The molecule has 26 heavy (non-hydrogen) atoms. The van der Waals surface area contributed by atoms with Crippen molar-refractivity contribution in [2.75, 3.05) is 5.32 Å². The normalized spacial score (nSPS) is 11.1. The van der Waals surface area contributed by atoms with Gasteiger partial charge in [-0.25, -0.2) is 18.5 Å². The van der Waals surface area contributed by atoms with Gasteiger partial charge in [-0.15, -0.1) is 0 Å². The van der Waals surface area contributed by atoms with E-state index in [4.69, 9.17) is 5.14 Å². The van der Waals surface area contributed by atoms with Gasteiger partial charge in [0.15, 0.2) is 0 Å². The largest absolute Gasteiger partial charge is 0.322 e. The molecule has 1 heterocycles. The van der Waals surface area contributed by atoms with E-state index in [1.807, 2.05) is 30.3 Å². The van der Waals surface area contributed by atoms with Crippen molar-refractivity contribution in [2.24, 2.45) is 5.14 Å². The Labute approximate surface area is 155 Å². The fourth-order valence-electron chi connectivity index (χ4n) is 2.19. The lowest BCUT2D eigenvalue weighted by atomic mass is 10.2. The molecule has 0 aliphatic rings. The Hall–Kier alpha value is -2.68. The monoisotopic (exact) mass is 385 g/mol. The van der Waals surface area contributed by atoms with Gasteiger partial charge in [0.05, 0.1) is 10.5 Å². The molecule has 0 spiro atoms. The van der Waals surface area contributed by atoms with Gasteiger partial charge in [0.1, 0.15) is 5.03 Å². The summed E-state index contributed by atoms with van der Waals surface area (Å²) >= 11 is 1.37. The zero-order chi connectivity index (χ0) is 18.6. The second-order valence-corrected chi connectivity index (χ2v) is 7.92. The maximum Gasteiger partial charge on any atom is 0.258 e. The van der Waals surface area contributed by atoms with Crippen molar-refractivity contribution >= 4 is 33.4 Å². The van der Waals surface area contributed by atoms with Gasteiger partial charge in [0.2, 0.25) is 10.0 Å². The van der Waals surface area contributed by atoms with Gasteiger partial charge < -0.3 is 5.32 Å². The molecule has 0 atom stereocenters. The number of nitrogens with zero attached hydrogens (tertiary/aromatic N) is 1. The van der Waals surface area contributed by atoms with Gasteiger partial charge in [0, 0.05) is 16.8 Å². The van der Waals surface area contributed by atoms with E-state index in [-0.39, 0.29) is 10.8 Å². The van der Waals surface area contributed by atoms with Gasteiger partial charge >= 0.3 is 0 Å². The molecule has 0 saturated carbocycles. The third-order valence-electron chi connectivity index (χ3n) is 3.39. The van der Waals surface area contributed by atoms with E-state index in [1.165, 1.54) is 30.0 Å². The Morgan fingerprint density at radius 3 is 2.50 bits per heavy atom. The highest BCUT2D eigenvalue weighted by Crippen LogP contribution is 2.28. The van der Waals surface area contributed by atoms with Crippen LogP contribution in [0.4, 0.5) is 5.69 Å². The predicted octanol–water partition coefficient (Wildman–Crippen LogP) is 3.13. The van der Waals surface area contributed by atoms with Gasteiger partial charge in [-0.1, -0.05) is 36.0 Å². The Morgan fingerprint density at radius 2 is 1.77 bits per heavy atom. The SMILES string of the molecule is NS(=O)(=O)c1cccc(NC(=O)c2cccnc2Sc2ccccc2)c1. The van der Waals surface area contributed by atoms with E-state index in [1.54, 1.807) is 24.4 Å². The topological polar surface area (TPSA) is 102 Å². The Kier molecular flexibility index (Phi) is 5.36. The summed E-state index contributed by atoms with van der Waals surface area (Å²) < 4.78 is 22.9. The van der Waals surface area contributed by atoms with Crippen LogP contribution in [0.3, 0.4) is 0 Å². The smallest absolute Gasteiger partial charge is 0.258 e. The number of primary sulfonamides is 1. The van der Waals surface area contributed by atoms with Crippen molar-refractivity contribution in [3.8, 4) is 0 Å². The first-order valence-corrected chi connectivity index (χ1v) is 9.92. The number of aromatic nitrogens is 1. The molecular weight excluding hydrogens is 370 g/mol. The molecule has 0 unspecified atom stereocenters. The molecule has 0 fully saturated rings. The van der Waals surface area contributed by atoms with E-state index in [0.29, 0.717) is 16.3 Å². The fraction of sp³-hybridized carbons (Fsp3) is 0. The van der Waals surface area contributed by atoms with Crippen LogP contribution in [0.2, 0.25) is 0 Å². The van der Waals surface area contributed by atoms with E-state index in [2.05, 4.69) is 10.3 Å². The molecule has 3 aromatic rings. The summed E-state index contributed by atoms with van der Waals surface area (Å²) in [5.74, 6) is -0.386. The zero-order valence-corrected chi connectivity index (χ0v) is 15.1. The van der Waals surface area contributed by atoms with E-state index < -0.39 is 10.0 Å². The second kappa shape index (κ2) is 7.69. The van der Waals surface area contributed by atoms with Crippen LogP contribution >= 0.6 is 11.8 Å². The molecule has 0 saturated heterocycles. The number of amides is 1. The number of nitrogens with two attached hydrogens (primary N) is 1. The summed E-state index contributed by atoms with van der Waals surface area (Å²) in [5.41, 5.74) is 0.725. The minimum Gasteiger partial charge on any atom is -0.322 e. The first-order chi connectivity index (χ1) is 12.4. The van der Waals surface area contributed by atoms with Crippen LogP contribution in [-0.4, -0.2) is 19.3 Å². The number of hydrogen-bond donors (Lipinski definition) is 2. The average Bonchev–Trinajstić information content (AvgIpc) is 2.62. The van der Waals surface area contributed by atoms with Gasteiger partial charge in [-0.05, 0) is 42.5 Å². The summed E-state index contributed by atoms with van der Waals surface area (Å²) in [5, 5.41) is 8.36. The molecule has 6 nitrogen and oxygen atoms in total. The lowest BCUT2D eigenvalue weighted by Gasteiger charge is -2.10. The Balaban J connectivity index is 1.85. The molecule has 1 aromatic heterocycles. The number of carbonyl (C=O) groups excluding carboxylic acids is 1. The Bertz CT molecular complexity index is 1040. The second-order valence-electron chi connectivity index (χ2n) is 5.30. The van der Waals surface area contributed by atoms with Gasteiger partial charge in [0.25, 0.3) is 5.91 Å². The lowest BCUT2D eigenvalue weighted by Crippen LogP contribution is -2.15. The number of benzene rings is 2. The van der Waals surface area contributed by atoms with Crippen LogP contribution in [0.25, 0.3) is 0 Å². The average molecular weight is 385 g/mol. The van der Waals surface area contributed by atoms with Crippen molar-refractivity contribution in [3.63, 3.8) is 0 Å². The minimum atomic E-state index is -3.84. The van der Waals surface area contributed by atoms with Crippen molar-refractivity contribution in [1.82, 2.24) is 4.98 Å². The number of hydrogen-bond acceptors (Lipinski definition) is 5. The van der Waals surface area contributed by atoms with Gasteiger partial charge in [-0.2, -0.15) is 0 Å². The molecule has 0 aliphatic carbocycles. The van der Waals surface area contributed by atoms with Crippen LogP contribution in [-0.2, 0) is 10.0 Å². The quantitative estimate of drug-likeness (QED) is 0.702. The third-order valence-corrected chi connectivity index (χ3v) is 5.33. The van der Waals surface area contributed by atoms with Crippen molar-refractivity contribution < 1.29 is 13.2 Å². The molecule has 0 aliphatic heterocycles. The predicted molar refractivity (Wildman–Crippen MR) is 101 cm³/mol. The summed E-state index contributed by atoms with van der Waals surface area (Å²) in [6.45, 7) is 0. The van der Waals surface area contributed by atoms with E-state index in [9.17, 15) is 13.2 Å². The maximum atomic E-state index is 12.6. The van der Waals surface area contributed by atoms with Gasteiger partial charge in [-0.3, -0.25) is 4.79 Å². The third kappa shape index (κ3) is 4.48. The summed E-state index contributed by atoms with van der Waals surface area (Å²) in [6, 6.07) is 18.7. The molecule has 2 aromatic carbocycles. The number of rotatable bonds is 5. The van der Waals surface area contributed by atoms with Crippen molar-refractivity contribution in [1.29, 1.82) is 0 Å². The highest BCUT2D eigenvalue weighted by atomic mass is 32.2. The van der Waals surface area contributed by atoms with Crippen LogP contribution < -0.4 is 10.5 Å². The molecule has 3 rings (SSSR count). The summed E-state index contributed by atoms with van der Waals surface area (Å²) in [6.07, 6.45) is 1.61. The van der Waals surface area contributed by atoms with Crippen molar-refractivity contribution in [3.05, 3.63) is 78.5 Å². The summed E-state index contributed by atoms with van der Waals surface area (Å²) in [4.78, 5) is 17.8. The molecule has 1 amide bonds. The fourth-order valence-corrected chi connectivity index (χ4v) is 3.65. The highest BCUT2D eigenvalue weighted by Gasteiger charge is 2.15. The number of nitrogens with one attached hydrogen (secondary N) is 1. The molecule has 132 valence electrons. The maximum absolute atomic E-state index is 12.6. The van der Waals surface area contributed by atoms with E-state index >= 15 is 0 Å². The minimum absolute atomic E-state index is 0.0691. The molecule has 0 bridgehead atoms. The molecule has 0 radical (unpaired) electrons. The lowest BCUT2D eigenvalue weighted by molar-refractivity contribution is 0.102. The van der Waals surface area contributed by atoms with Crippen molar-refractivity contribution in [2.45, 2.75) is 14.8 Å². The van der Waals surface area contributed by atoms with E-state index in [0.717, 1.165) is 4.90 Å². The number of anilines is 1. The zero-order valence-electron chi connectivity index (χ0n) is 13.5. The highest BCUT2D eigenvalue weighted by molar-refractivity contribution is 7.99. The number of carbonyl (C=O) groups is 1. The number of sulfonamides is 1.